The fraction of sp³-hybridized carbons (Fsp3) is 0.150. The number of hydrogen-bond acceptors (Lipinski definition) is 6. The Kier molecular flexibility index (Phi) is 5.20. The van der Waals surface area contributed by atoms with E-state index >= 15 is 0 Å². The van der Waals surface area contributed by atoms with Gasteiger partial charge in [-0.25, -0.2) is 10.2 Å². The lowest BCUT2D eigenvalue weighted by atomic mass is 10.2. The fourth-order valence-electron chi connectivity index (χ4n) is 3.08. The third-order valence-electron chi connectivity index (χ3n) is 4.66. The largest absolute Gasteiger partial charge is 0.332 e. The molecule has 9 nitrogen and oxygen atoms in total. The van der Waals surface area contributed by atoms with Crippen LogP contribution in [0.5, 0.6) is 0 Å². The Morgan fingerprint density at radius 1 is 1.13 bits per heavy atom. The van der Waals surface area contributed by atoms with Gasteiger partial charge in [-0.15, -0.1) is 0 Å². The Labute approximate surface area is 175 Å². The zero-order valence-electron chi connectivity index (χ0n) is 16.3. The molecule has 10 heteroatoms. The Hall–Kier alpha value is -3.72. The maximum atomic E-state index is 12.9. The van der Waals surface area contributed by atoms with Crippen LogP contribution in [0.1, 0.15) is 11.1 Å². The number of hydrazone groups is 1. The monoisotopic (exact) mass is 423 g/mol. The molecule has 0 amide bonds. The number of hydrogen-bond donors (Lipinski definition) is 1. The molecule has 0 bridgehead atoms. The minimum Gasteiger partial charge on any atom is -0.298 e. The van der Waals surface area contributed by atoms with E-state index in [-0.39, 0.29) is 5.65 Å². The second kappa shape index (κ2) is 7.96. The highest BCUT2D eigenvalue weighted by atomic mass is 35.5. The molecule has 1 N–H and O–H groups in total. The van der Waals surface area contributed by atoms with Crippen LogP contribution >= 0.6 is 11.6 Å². The maximum Gasteiger partial charge on any atom is 0.332 e. The summed E-state index contributed by atoms with van der Waals surface area (Å²) in [5, 5.41) is 4.83. The number of nitrogens with one attached hydrogen (secondary N) is 1. The van der Waals surface area contributed by atoms with E-state index in [2.05, 4.69) is 20.5 Å². The SMILES string of the molecule is Cn1c(=O)c2c(nc(N/N=C/c3cccnc3)n2Cc2ccc(Cl)cc2)n(C)c1=O. The average Bonchev–Trinajstić information content (AvgIpc) is 3.11. The van der Waals surface area contributed by atoms with Crippen LogP contribution in [0, 0.1) is 0 Å². The lowest BCUT2D eigenvalue weighted by Gasteiger charge is -2.09. The van der Waals surface area contributed by atoms with Crippen LogP contribution in [-0.2, 0) is 20.6 Å². The lowest BCUT2D eigenvalue weighted by molar-refractivity contribution is 0.702. The van der Waals surface area contributed by atoms with Crippen molar-refractivity contribution in [1.29, 1.82) is 0 Å². The van der Waals surface area contributed by atoms with Gasteiger partial charge >= 0.3 is 5.69 Å². The number of rotatable bonds is 5. The number of aryl methyl sites for hydroxylation is 1. The van der Waals surface area contributed by atoms with Crippen molar-refractivity contribution in [1.82, 2.24) is 23.7 Å². The number of aromatic nitrogens is 5. The van der Waals surface area contributed by atoms with Gasteiger partial charge in [0.05, 0.1) is 12.8 Å². The maximum absolute atomic E-state index is 12.9. The third kappa shape index (κ3) is 3.62. The van der Waals surface area contributed by atoms with Gasteiger partial charge in [0.2, 0.25) is 5.95 Å². The Morgan fingerprint density at radius 2 is 1.90 bits per heavy atom. The van der Waals surface area contributed by atoms with Crippen molar-refractivity contribution in [3.05, 3.63) is 85.8 Å². The molecule has 152 valence electrons. The van der Waals surface area contributed by atoms with E-state index in [0.29, 0.717) is 23.0 Å². The molecule has 0 saturated carbocycles. The molecule has 0 spiro atoms. The highest BCUT2D eigenvalue weighted by molar-refractivity contribution is 6.30. The predicted octanol–water partition coefficient (Wildman–Crippen LogP) is 1.98. The minimum absolute atomic E-state index is 0.274. The number of anilines is 1. The van der Waals surface area contributed by atoms with Crippen molar-refractivity contribution in [2.45, 2.75) is 6.54 Å². The Bertz CT molecular complexity index is 1350. The summed E-state index contributed by atoms with van der Waals surface area (Å²) in [5.41, 5.74) is 4.28. The van der Waals surface area contributed by atoms with Gasteiger partial charge in [0.25, 0.3) is 5.56 Å². The van der Waals surface area contributed by atoms with Crippen LogP contribution < -0.4 is 16.7 Å². The summed E-state index contributed by atoms with van der Waals surface area (Å²) in [6, 6.07) is 10.9. The molecule has 30 heavy (non-hydrogen) atoms. The van der Waals surface area contributed by atoms with Crippen LogP contribution in [0.3, 0.4) is 0 Å². The number of benzene rings is 1. The molecule has 0 unspecified atom stereocenters. The fourth-order valence-corrected chi connectivity index (χ4v) is 3.20. The van der Waals surface area contributed by atoms with Gasteiger partial charge in [0.1, 0.15) is 0 Å². The van der Waals surface area contributed by atoms with E-state index in [0.717, 1.165) is 15.7 Å². The Morgan fingerprint density at radius 3 is 2.60 bits per heavy atom. The van der Waals surface area contributed by atoms with Gasteiger partial charge in [-0.3, -0.25) is 23.5 Å². The number of imidazole rings is 1. The van der Waals surface area contributed by atoms with E-state index < -0.39 is 11.2 Å². The first-order valence-electron chi connectivity index (χ1n) is 9.05. The summed E-state index contributed by atoms with van der Waals surface area (Å²) in [6.45, 7) is 0.339. The van der Waals surface area contributed by atoms with Crippen LogP contribution in [0.15, 0.2) is 63.5 Å². The van der Waals surface area contributed by atoms with Gasteiger partial charge in [0, 0.05) is 37.1 Å². The van der Waals surface area contributed by atoms with Crippen LogP contribution in [0.2, 0.25) is 5.02 Å². The average molecular weight is 424 g/mol. The number of pyridine rings is 1. The number of halogens is 1. The first-order valence-corrected chi connectivity index (χ1v) is 9.43. The number of fused-ring (bicyclic) bond motifs is 1. The van der Waals surface area contributed by atoms with Gasteiger partial charge in [-0.1, -0.05) is 29.8 Å². The summed E-state index contributed by atoms with van der Waals surface area (Å²) in [4.78, 5) is 33.7. The van der Waals surface area contributed by atoms with Crippen molar-refractivity contribution in [2.24, 2.45) is 19.2 Å². The van der Waals surface area contributed by atoms with Gasteiger partial charge in [-0.05, 0) is 23.8 Å². The van der Waals surface area contributed by atoms with Crippen LogP contribution in [-0.4, -0.2) is 29.9 Å². The Balaban J connectivity index is 1.83. The van der Waals surface area contributed by atoms with Gasteiger partial charge < -0.3 is 0 Å². The van der Waals surface area contributed by atoms with Crippen molar-refractivity contribution in [3.8, 4) is 0 Å². The molecule has 0 radical (unpaired) electrons. The van der Waals surface area contributed by atoms with E-state index in [4.69, 9.17) is 11.6 Å². The zero-order chi connectivity index (χ0) is 21.3. The molecular formula is C20H18ClN7O2. The summed E-state index contributed by atoms with van der Waals surface area (Å²) in [5.74, 6) is 0.332. The predicted molar refractivity (Wildman–Crippen MR) is 116 cm³/mol. The first-order chi connectivity index (χ1) is 14.5. The molecule has 3 heterocycles. The van der Waals surface area contributed by atoms with Gasteiger partial charge in [0.15, 0.2) is 11.2 Å². The van der Waals surface area contributed by atoms with E-state index in [9.17, 15) is 9.59 Å². The molecule has 0 aliphatic rings. The van der Waals surface area contributed by atoms with Crippen molar-refractivity contribution < 1.29 is 0 Å². The van der Waals surface area contributed by atoms with Crippen LogP contribution in [0.4, 0.5) is 5.95 Å². The van der Waals surface area contributed by atoms with E-state index in [1.165, 1.54) is 11.6 Å². The lowest BCUT2D eigenvalue weighted by Crippen LogP contribution is -2.37. The smallest absolute Gasteiger partial charge is 0.298 e. The summed E-state index contributed by atoms with van der Waals surface area (Å²) >= 11 is 5.98. The van der Waals surface area contributed by atoms with Crippen molar-refractivity contribution >= 4 is 34.9 Å². The molecule has 0 aliphatic carbocycles. The molecule has 4 rings (SSSR count). The van der Waals surface area contributed by atoms with Crippen molar-refractivity contribution in [3.63, 3.8) is 0 Å². The molecule has 0 aliphatic heterocycles. The summed E-state index contributed by atoms with van der Waals surface area (Å²) in [7, 11) is 3.02. The van der Waals surface area contributed by atoms with Gasteiger partial charge in [-0.2, -0.15) is 10.1 Å². The van der Waals surface area contributed by atoms with Crippen molar-refractivity contribution in [2.75, 3.05) is 5.43 Å². The molecule has 4 aromatic rings. The molecular weight excluding hydrogens is 406 g/mol. The first kappa shape index (κ1) is 19.6. The standard InChI is InChI=1S/C20H18ClN7O2/c1-26-17-16(18(29)27(2)20(26)30)28(12-13-5-7-15(21)8-6-13)19(24-17)25-23-11-14-4-3-9-22-10-14/h3-11H,12H2,1-2H3,(H,24,25)/b23-11+. The van der Waals surface area contributed by atoms with E-state index in [1.807, 2.05) is 18.2 Å². The summed E-state index contributed by atoms with van der Waals surface area (Å²) in [6.07, 6.45) is 4.93. The highest BCUT2D eigenvalue weighted by Gasteiger charge is 2.19. The number of nitrogens with zero attached hydrogens (tertiary/aromatic N) is 6. The van der Waals surface area contributed by atoms with E-state index in [1.54, 1.807) is 48.4 Å². The second-order valence-electron chi connectivity index (χ2n) is 6.68. The normalized spacial score (nSPS) is 11.4. The molecule has 1 aromatic carbocycles. The molecule has 0 atom stereocenters. The molecule has 0 saturated heterocycles. The third-order valence-corrected chi connectivity index (χ3v) is 4.92. The summed E-state index contributed by atoms with van der Waals surface area (Å²) < 4.78 is 4.09. The minimum atomic E-state index is -0.450. The highest BCUT2D eigenvalue weighted by Crippen LogP contribution is 2.19. The molecule has 3 aromatic heterocycles. The zero-order valence-corrected chi connectivity index (χ0v) is 17.0. The topological polar surface area (TPSA) is 99.1 Å². The quantitative estimate of drug-likeness (QED) is 0.391. The second-order valence-corrected chi connectivity index (χ2v) is 7.12. The van der Waals surface area contributed by atoms with Crippen LogP contribution in [0.25, 0.3) is 11.2 Å². The molecule has 0 fully saturated rings.